The predicted molar refractivity (Wildman–Crippen MR) is 96.5 cm³/mol. The number of phenolic OH excluding ortho intramolecular Hbond substituents is 1. The number of nitrogens with zero attached hydrogens (tertiary/aromatic N) is 1. The zero-order chi connectivity index (χ0) is 16.2. The van der Waals surface area contributed by atoms with Gasteiger partial charge in [-0.2, -0.15) is 0 Å². The SMILES string of the molecule is O=C1c2c(Br)c(Br)c(Br)c(Br)c2C(=O)N1c1ccccc1O. The standard InChI is InChI=1S/C14H5Br4NO3/c15-9-7-8(10(16)12(18)11(9)17)14(22)19(13(7)21)5-3-1-2-4-6(5)20/h1-4,20H. The van der Waals surface area contributed by atoms with E-state index < -0.39 is 11.8 Å². The van der Waals surface area contributed by atoms with E-state index in [0.717, 1.165) is 4.90 Å². The van der Waals surface area contributed by atoms with E-state index in [9.17, 15) is 14.7 Å². The summed E-state index contributed by atoms with van der Waals surface area (Å²) in [4.78, 5) is 26.4. The highest BCUT2D eigenvalue weighted by Gasteiger charge is 2.42. The van der Waals surface area contributed by atoms with Crippen molar-refractivity contribution in [2.24, 2.45) is 0 Å². The minimum atomic E-state index is -0.498. The molecule has 0 fully saturated rings. The van der Waals surface area contributed by atoms with Gasteiger partial charge in [0.25, 0.3) is 11.8 Å². The summed E-state index contributed by atoms with van der Waals surface area (Å²) in [5, 5.41) is 9.95. The number of phenols is 1. The molecule has 1 aliphatic heterocycles. The van der Waals surface area contributed by atoms with Crippen LogP contribution in [0.1, 0.15) is 20.7 Å². The number of hydrogen-bond donors (Lipinski definition) is 1. The smallest absolute Gasteiger partial charge is 0.267 e. The number of rotatable bonds is 1. The van der Waals surface area contributed by atoms with E-state index in [4.69, 9.17) is 0 Å². The third-order valence-electron chi connectivity index (χ3n) is 3.22. The van der Waals surface area contributed by atoms with Crippen molar-refractivity contribution in [2.75, 3.05) is 4.90 Å². The van der Waals surface area contributed by atoms with Crippen LogP contribution in [0.3, 0.4) is 0 Å². The summed E-state index contributed by atoms with van der Waals surface area (Å²) in [5.41, 5.74) is 0.644. The Kier molecular flexibility index (Phi) is 4.22. The van der Waals surface area contributed by atoms with Gasteiger partial charge in [0.15, 0.2) is 0 Å². The summed E-state index contributed by atoms with van der Waals surface area (Å²) in [7, 11) is 0. The Hall–Kier alpha value is -0.700. The van der Waals surface area contributed by atoms with Gasteiger partial charge in [0.2, 0.25) is 0 Å². The number of para-hydroxylation sites is 2. The maximum absolute atomic E-state index is 12.7. The third-order valence-corrected chi connectivity index (χ3v) is 7.99. The second kappa shape index (κ2) is 5.74. The number of fused-ring (bicyclic) bond motifs is 1. The van der Waals surface area contributed by atoms with Crippen LogP contribution in [0, 0.1) is 0 Å². The van der Waals surface area contributed by atoms with Crippen LogP contribution < -0.4 is 4.90 Å². The summed E-state index contributed by atoms with van der Waals surface area (Å²) < 4.78 is 2.21. The molecule has 0 atom stereocenters. The van der Waals surface area contributed by atoms with E-state index >= 15 is 0 Å². The third kappa shape index (κ3) is 2.19. The van der Waals surface area contributed by atoms with Crippen molar-refractivity contribution >= 4 is 81.2 Å². The number of imide groups is 1. The first-order valence-corrected chi connectivity index (χ1v) is 9.06. The normalized spacial score (nSPS) is 13.7. The zero-order valence-corrected chi connectivity index (χ0v) is 16.9. The van der Waals surface area contributed by atoms with Gasteiger partial charge in [-0.3, -0.25) is 9.59 Å². The van der Waals surface area contributed by atoms with Crippen LogP contribution in [0.15, 0.2) is 42.2 Å². The number of benzene rings is 2. The Morgan fingerprint density at radius 3 is 1.68 bits per heavy atom. The fraction of sp³-hybridized carbons (Fsp3) is 0. The first kappa shape index (κ1) is 16.2. The molecule has 0 unspecified atom stereocenters. The van der Waals surface area contributed by atoms with E-state index in [1.807, 2.05) is 0 Å². The quantitative estimate of drug-likeness (QED) is 0.298. The first-order valence-electron chi connectivity index (χ1n) is 5.89. The Labute approximate surface area is 159 Å². The lowest BCUT2D eigenvalue weighted by Crippen LogP contribution is -2.29. The zero-order valence-electron chi connectivity index (χ0n) is 10.5. The van der Waals surface area contributed by atoms with Crippen LogP contribution in [-0.2, 0) is 0 Å². The van der Waals surface area contributed by atoms with Crippen molar-refractivity contribution in [1.29, 1.82) is 0 Å². The van der Waals surface area contributed by atoms with Crippen molar-refractivity contribution in [3.05, 3.63) is 53.3 Å². The molecular formula is C14H5Br4NO3. The van der Waals surface area contributed by atoms with Crippen LogP contribution in [-0.4, -0.2) is 16.9 Å². The van der Waals surface area contributed by atoms with Crippen molar-refractivity contribution in [1.82, 2.24) is 0 Å². The molecule has 8 heteroatoms. The van der Waals surface area contributed by atoms with Crippen molar-refractivity contribution < 1.29 is 14.7 Å². The Balaban J connectivity index is 2.29. The maximum atomic E-state index is 12.7. The molecule has 0 bridgehead atoms. The summed E-state index contributed by atoms with van der Waals surface area (Å²) in [6, 6.07) is 6.21. The highest BCUT2D eigenvalue weighted by atomic mass is 79.9. The van der Waals surface area contributed by atoms with Crippen LogP contribution >= 0.6 is 63.7 Å². The van der Waals surface area contributed by atoms with Crippen molar-refractivity contribution in [2.45, 2.75) is 0 Å². The minimum absolute atomic E-state index is 0.137. The molecule has 2 aromatic carbocycles. The largest absolute Gasteiger partial charge is 0.506 e. The molecule has 1 N–H and O–H groups in total. The highest BCUT2D eigenvalue weighted by molar-refractivity contribution is 9.15. The summed E-state index contributed by atoms with van der Waals surface area (Å²) in [6.45, 7) is 0. The van der Waals surface area contributed by atoms with Crippen molar-refractivity contribution in [3.8, 4) is 5.75 Å². The van der Waals surface area contributed by atoms with Gasteiger partial charge in [0.1, 0.15) is 5.75 Å². The minimum Gasteiger partial charge on any atom is -0.506 e. The van der Waals surface area contributed by atoms with Gasteiger partial charge in [-0.15, -0.1) is 0 Å². The predicted octanol–water partition coefficient (Wildman–Crippen LogP) is 5.24. The number of anilines is 1. The van der Waals surface area contributed by atoms with Gasteiger partial charge in [-0.1, -0.05) is 12.1 Å². The molecule has 0 aromatic heterocycles. The Morgan fingerprint density at radius 2 is 1.23 bits per heavy atom. The van der Waals surface area contributed by atoms with E-state index in [0.29, 0.717) is 17.9 Å². The van der Waals surface area contributed by atoms with Gasteiger partial charge in [0.05, 0.1) is 16.8 Å². The number of hydrogen-bond acceptors (Lipinski definition) is 3. The number of aromatic hydroxyl groups is 1. The second-order valence-corrected chi connectivity index (χ2v) is 7.61. The van der Waals surface area contributed by atoms with E-state index in [1.165, 1.54) is 12.1 Å². The Morgan fingerprint density at radius 1 is 0.773 bits per heavy atom. The summed E-state index contributed by atoms with van der Waals surface area (Å²) >= 11 is 13.4. The van der Waals surface area contributed by atoms with Gasteiger partial charge in [-0.25, -0.2) is 4.90 Å². The fourth-order valence-corrected chi connectivity index (χ4v) is 4.68. The summed E-state index contributed by atoms with van der Waals surface area (Å²) in [6.07, 6.45) is 0. The average molecular weight is 555 g/mol. The average Bonchev–Trinajstić information content (AvgIpc) is 2.75. The molecule has 4 nitrogen and oxygen atoms in total. The molecule has 0 saturated carbocycles. The molecule has 112 valence electrons. The number of amides is 2. The molecule has 0 saturated heterocycles. The van der Waals surface area contributed by atoms with Gasteiger partial charge in [-0.05, 0) is 75.9 Å². The number of carbonyl (C=O) groups excluding carboxylic acids is 2. The molecule has 0 spiro atoms. The monoisotopic (exact) mass is 551 g/mol. The molecular weight excluding hydrogens is 550 g/mol. The van der Waals surface area contributed by atoms with Gasteiger partial charge < -0.3 is 5.11 Å². The highest BCUT2D eigenvalue weighted by Crippen LogP contribution is 2.46. The molecule has 0 aliphatic carbocycles. The molecule has 2 amide bonds. The maximum Gasteiger partial charge on any atom is 0.267 e. The lowest BCUT2D eigenvalue weighted by atomic mass is 10.1. The first-order chi connectivity index (χ1) is 10.4. The van der Waals surface area contributed by atoms with E-state index in [-0.39, 0.29) is 22.6 Å². The summed E-state index contributed by atoms with van der Waals surface area (Å²) in [5.74, 6) is -1.13. The molecule has 0 radical (unpaired) electrons. The molecule has 22 heavy (non-hydrogen) atoms. The molecule has 1 aliphatic rings. The van der Waals surface area contributed by atoms with Crippen LogP contribution in [0.5, 0.6) is 5.75 Å². The van der Waals surface area contributed by atoms with E-state index in [1.54, 1.807) is 12.1 Å². The topological polar surface area (TPSA) is 57.6 Å². The molecule has 1 heterocycles. The second-order valence-electron chi connectivity index (χ2n) is 4.44. The number of carbonyl (C=O) groups is 2. The Bertz CT molecular complexity index is 803. The lowest BCUT2D eigenvalue weighted by Gasteiger charge is -2.15. The molecule has 2 aromatic rings. The van der Waals surface area contributed by atoms with Crippen LogP contribution in [0.25, 0.3) is 0 Å². The van der Waals surface area contributed by atoms with Crippen LogP contribution in [0.2, 0.25) is 0 Å². The lowest BCUT2D eigenvalue weighted by molar-refractivity contribution is 0.0924. The number of halogens is 4. The van der Waals surface area contributed by atoms with E-state index in [2.05, 4.69) is 63.7 Å². The van der Waals surface area contributed by atoms with Crippen molar-refractivity contribution in [3.63, 3.8) is 0 Å². The molecule has 3 rings (SSSR count). The van der Waals surface area contributed by atoms with Crippen LogP contribution in [0.4, 0.5) is 5.69 Å². The van der Waals surface area contributed by atoms with Gasteiger partial charge >= 0.3 is 0 Å². The fourth-order valence-electron chi connectivity index (χ4n) is 2.22. The van der Waals surface area contributed by atoms with Gasteiger partial charge in [0, 0.05) is 17.9 Å².